The molecule has 0 aliphatic carbocycles. The van der Waals surface area contributed by atoms with E-state index in [4.69, 9.17) is 0 Å². The Bertz CT molecular complexity index is 855. The number of hydrogen-bond donors (Lipinski definition) is 1. The van der Waals surface area contributed by atoms with Gasteiger partial charge >= 0.3 is 0 Å². The summed E-state index contributed by atoms with van der Waals surface area (Å²) in [5.41, 5.74) is 1.11. The van der Waals surface area contributed by atoms with Crippen molar-refractivity contribution in [1.29, 1.82) is 0 Å². The molecule has 6 heteroatoms. The first-order chi connectivity index (χ1) is 10.7. The molecule has 0 unspecified atom stereocenters. The van der Waals surface area contributed by atoms with Crippen LogP contribution in [-0.2, 0) is 11.0 Å². The maximum absolute atomic E-state index is 10.1. The highest BCUT2D eigenvalue weighted by atomic mass is 16.3. The van der Waals surface area contributed by atoms with Gasteiger partial charge in [0.2, 0.25) is 5.78 Å². The lowest BCUT2D eigenvalue weighted by atomic mass is 9.95. The molecule has 6 nitrogen and oxygen atoms in total. The molecule has 3 heterocycles. The molecule has 3 aromatic heterocycles. The van der Waals surface area contributed by atoms with Gasteiger partial charge in [0.05, 0.1) is 23.3 Å². The van der Waals surface area contributed by atoms with Crippen LogP contribution in [0.1, 0.15) is 46.1 Å². The Hall–Kier alpha value is -2.34. The van der Waals surface area contributed by atoms with Gasteiger partial charge < -0.3 is 5.11 Å². The molecule has 23 heavy (non-hydrogen) atoms. The summed E-state index contributed by atoms with van der Waals surface area (Å²) in [6.45, 7) is 9.65. The van der Waals surface area contributed by atoms with Gasteiger partial charge in [0.15, 0.2) is 0 Å². The molecule has 0 saturated heterocycles. The number of hydrogen-bond acceptors (Lipinski definition) is 5. The van der Waals surface area contributed by atoms with Gasteiger partial charge in [0.25, 0.3) is 0 Å². The van der Waals surface area contributed by atoms with Crippen LogP contribution in [0.15, 0.2) is 30.7 Å². The minimum Gasteiger partial charge on any atom is -0.384 e. The third kappa shape index (κ3) is 2.94. The number of aliphatic hydroxyl groups is 1. The summed E-state index contributed by atoms with van der Waals surface area (Å²) in [5.74, 6) is 1.32. The van der Waals surface area contributed by atoms with Gasteiger partial charge in [0, 0.05) is 17.8 Å². The highest BCUT2D eigenvalue weighted by molar-refractivity contribution is 5.58. The highest BCUT2D eigenvalue weighted by Gasteiger charge is 2.21. The van der Waals surface area contributed by atoms with Crippen molar-refractivity contribution < 1.29 is 5.11 Å². The molecule has 3 rings (SSSR count). The monoisotopic (exact) mass is 311 g/mol. The molecule has 0 aliphatic rings. The first-order valence-corrected chi connectivity index (χ1v) is 7.57. The fourth-order valence-corrected chi connectivity index (χ4v) is 2.26. The Morgan fingerprint density at radius 3 is 2.39 bits per heavy atom. The number of imidazole rings is 1. The van der Waals surface area contributed by atoms with Crippen molar-refractivity contribution in [1.82, 2.24) is 24.3 Å². The molecule has 0 atom stereocenters. The van der Waals surface area contributed by atoms with Crippen LogP contribution in [0, 0.1) is 0 Å². The second kappa shape index (κ2) is 5.09. The van der Waals surface area contributed by atoms with E-state index in [1.165, 1.54) is 0 Å². The van der Waals surface area contributed by atoms with Gasteiger partial charge in [-0.2, -0.15) is 0 Å². The Morgan fingerprint density at radius 1 is 1.00 bits per heavy atom. The van der Waals surface area contributed by atoms with E-state index in [2.05, 4.69) is 40.7 Å². The second-order valence-electron chi connectivity index (χ2n) is 7.20. The maximum Gasteiger partial charge on any atom is 0.234 e. The van der Waals surface area contributed by atoms with Gasteiger partial charge in [0.1, 0.15) is 11.4 Å². The molecule has 3 aromatic rings. The average Bonchev–Trinajstić information content (AvgIpc) is 2.88. The second-order valence-corrected chi connectivity index (χ2v) is 7.20. The molecule has 0 radical (unpaired) electrons. The summed E-state index contributed by atoms with van der Waals surface area (Å²) in [6.07, 6.45) is 5.36. The molecule has 1 N–H and O–H groups in total. The van der Waals surface area contributed by atoms with E-state index in [1.54, 1.807) is 32.3 Å². The fourth-order valence-electron chi connectivity index (χ4n) is 2.26. The predicted octanol–water partition coefficient (Wildman–Crippen LogP) is 2.71. The first kappa shape index (κ1) is 15.6. The molecule has 120 valence electrons. The molecule has 0 saturated carbocycles. The third-order valence-corrected chi connectivity index (χ3v) is 3.59. The standard InChI is InChI=1S/C17H21N5O/c1-16(2,3)14-18-8-6-11(20-14)12-10-19-15-21-13(17(4,5)23)7-9-22(12)15/h6-10,23H,1-5H3. The zero-order valence-electron chi connectivity index (χ0n) is 14.1. The molecular formula is C17H21N5O. The van der Waals surface area contributed by atoms with Crippen molar-refractivity contribution in [2.75, 3.05) is 0 Å². The molecule has 0 fully saturated rings. The van der Waals surface area contributed by atoms with Crippen molar-refractivity contribution in [3.05, 3.63) is 42.2 Å². The topological polar surface area (TPSA) is 76.2 Å². The van der Waals surface area contributed by atoms with Crippen LogP contribution in [0.4, 0.5) is 0 Å². The average molecular weight is 311 g/mol. The van der Waals surface area contributed by atoms with Crippen LogP contribution in [0.2, 0.25) is 0 Å². The van der Waals surface area contributed by atoms with Crippen LogP contribution in [-0.4, -0.2) is 29.4 Å². The van der Waals surface area contributed by atoms with Crippen molar-refractivity contribution in [3.63, 3.8) is 0 Å². The highest BCUT2D eigenvalue weighted by Crippen LogP contribution is 2.24. The first-order valence-electron chi connectivity index (χ1n) is 7.57. The Labute approximate surface area is 135 Å². The Kier molecular flexibility index (Phi) is 3.44. The molecule has 0 aromatic carbocycles. The van der Waals surface area contributed by atoms with Crippen molar-refractivity contribution in [3.8, 4) is 11.4 Å². The zero-order chi connectivity index (χ0) is 16.8. The molecule has 0 spiro atoms. The fraction of sp³-hybridized carbons (Fsp3) is 0.412. The largest absolute Gasteiger partial charge is 0.384 e. The van der Waals surface area contributed by atoms with Crippen LogP contribution in [0.25, 0.3) is 17.2 Å². The summed E-state index contributed by atoms with van der Waals surface area (Å²) in [4.78, 5) is 17.8. The van der Waals surface area contributed by atoms with Crippen molar-refractivity contribution >= 4 is 5.78 Å². The minimum atomic E-state index is -0.998. The lowest BCUT2D eigenvalue weighted by Crippen LogP contribution is -2.18. The van der Waals surface area contributed by atoms with E-state index in [0.717, 1.165) is 17.2 Å². The normalized spacial score (nSPS) is 12.8. The van der Waals surface area contributed by atoms with Crippen LogP contribution in [0.5, 0.6) is 0 Å². The number of rotatable bonds is 2. The number of nitrogens with zero attached hydrogens (tertiary/aromatic N) is 5. The lowest BCUT2D eigenvalue weighted by Gasteiger charge is -2.17. The van der Waals surface area contributed by atoms with Gasteiger partial charge in [-0.15, -0.1) is 0 Å². The van der Waals surface area contributed by atoms with E-state index in [-0.39, 0.29) is 5.41 Å². The Balaban J connectivity index is 2.11. The SMILES string of the molecule is CC(C)(C)c1nccc(-c2cnc3nc(C(C)(C)O)ccn23)n1. The smallest absolute Gasteiger partial charge is 0.234 e. The lowest BCUT2D eigenvalue weighted by molar-refractivity contribution is 0.0739. The van der Waals surface area contributed by atoms with Gasteiger partial charge in [-0.05, 0) is 26.0 Å². The third-order valence-electron chi connectivity index (χ3n) is 3.59. The Morgan fingerprint density at radius 2 is 1.74 bits per heavy atom. The quantitative estimate of drug-likeness (QED) is 0.787. The van der Waals surface area contributed by atoms with E-state index >= 15 is 0 Å². The molecule has 0 amide bonds. The van der Waals surface area contributed by atoms with Gasteiger partial charge in [-0.1, -0.05) is 20.8 Å². The van der Waals surface area contributed by atoms with Crippen molar-refractivity contribution in [2.45, 2.75) is 45.6 Å². The number of fused-ring (bicyclic) bond motifs is 1. The van der Waals surface area contributed by atoms with E-state index in [0.29, 0.717) is 11.5 Å². The van der Waals surface area contributed by atoms with Crippen molar-refractivity contribution in [2.24, 2.45) is 0 Å². The van der Waals surface area contributed by atoms with Gasteiger partial charge in [-0.25, -0.2) is 19.9 Å². The summed E-state index contributed by atoms with van der Waals surface area (Å²) in [5, 5.41) is 10.1. The van der Waals surface area contributed by atoms with Crippen LogP contribution in [0.3, 0.4) is 0 Å². The predicted molar refractivity (Wildman–Crippen MR) is 88.0 cm³/mol. The van der Waals surface area contributed by atoms with Gasteiger partial charge in [-0.3, -0.25) is 4.40 Å². The minimum absolute atomic E-state index is 0.122. The molecule has 0 bridgehead atoms. The van der Waals surface area contributed by atoms with E-state index < -0.39 is 5.60 Å². The van der Waals surface area contributed by atoms with E-state index in [1.807, 2.05) is 16.7 Å². The summed E-state index contributed by atoms with van der Waals surface area (Å²) in [7, 11) is 0. The summed E-state index contributed by atoms with van der Waals surface area (Å²) >= 11 is 0. The summed E-state index contributed by atoms with van der Waals surface area (Å²) in [6, 6.07) is 3.66. The zero-order valence-corrected chi connectivity index (χ0v) is 14.1. The number of aromatic nitrogens is 5. The van der Waals surface area contributed by atoms with Crippen LogP contribution >= 0.6 is 0 Å². The summed E-state index contributed by atoms with van der Waals surface area (Å²) < 4.78 is 1.87. The molecule has 0 aliphatic heterocycles. The van der Waals surface area contributed by atoms with E-state index in [9.17, 15) is 5.11 Å². The maximum atomic E-state index is 10.1. The van der Waals surface area contributed by atoms with Crippen LogP contribution < -0.4 is 0 Å². The molecular weight excluding hydrogens is 290 g/mol.